The monoisotopic (exact) mass is 340 g/mol. The SMILES string of the molecule is CCCC[C@H]1CC[C@H](c2ccc3c(c2)CCC(CC(C)CC)C3)CC1. The van der Waals surface area contributed by atoms with Crippen LogP contribution in [0.25, 0.3) is 0 Å². The maximum absolute atomic E-state index is 2.60. The van der Waals surface area contributed by atoms with Crippen molar-refractivity contribution in [1.29, 1.82) is 0 Å². The standard InChI is InChI=1S/C25H40/c1-4-6-7-20-8-11-22(12-9-20)24-15-14-23-17-21(16-19(3)5-2)10-13-25(23)18-24/h14-15,18-22H,4-13,16-17H2,1-3H3/t19?,20-,21?,22-. The Morgan fingerprint density at radius 3 is 2.48 bits per heavy atom. The quantitative estimate of drug-likeness (QED) is 0.477. The van der Waals surface area contributed by atoms with Crippen molar-refractivity contribution >= 4 is 0 Å². The molecule has 0 heterocycles. The van der Waals surface area contributed by atoms with Gasteiger partial charge in [0.25, 0.3) is 0 Å². The van der Waals surface area contributed by atoms with Gasteiger partial charge in [-0.05, 0) is 91.7 Å². The van der Waals surface area contributed by atoms with Crippen LogP contribution in [0.15, 0.2) is 18.2 Å². The molecule has 0 spiro atoms. The first-order valence-electron chi connectivity index (χ1n) is 11.3. The third kappa shape index (κ3) is 5.11. The summed E-state index contributed by atoms with van der Waals surface area (Å²) in [6.45, 7) is 7.09. The minimum atomic E-state index is 0.848. The van der Waals surface area contributed by atoms with Crippen LogP contribution in [0.1, 0.15) is 108 Å². The molecule has 2 unspecified atom stereocenters. The summed E-state index contributed by atoms with van der Waals surface area (Å²) in [6.07, 6.45) is 16.9. The highest BCUT2D eigenvalue weighted by Gasteiger charge is 2.24. The van der Waals surface area contributed by atoms with Crippen LogP contribution in [0.3, 0.4) is 0 Å². The molecule has 3 rings (SSSR count). The Hall–Kier alpha value is -0.780. The van der Waals surface area contributed by atoms with Crippen molar-refractivity contribution < 1.29 is 0 Å². The van der Waals surface area contributed by atoms with E-state index in [1.54, 1.807) is 16.7 Å². The summed E-state index contributed by atoms with van der Waals surface area (Å²) in [6, 6.07) is 7.59. The fourth-order valence-electron chi connectivity index (χ4n) is 5.32. The Kier molecular flexibility index (Phi) is 7.02. The third-order valence-corrected chi connectivity index (χ3v) is 7.28. The minimum absolute atomic E-state index is 0.848. The lowest BCUT2D eigenvalue weighted by atomic mass is 9.74. The van der Waals surface area contributed by atoms with Crippen LogP contribution in [0.4, 0.5) is 0 Å². The Balaban J connectivity index is 1.56. The molecule has 1 fully saturated rings. The van der Waals surface area contributed by atoms with Crippen molar-refractivity contribution in [3.63, 3.8) is 0 Å². The number of rotatable bonds is 7. The zero-order valence-electron chi connectivity index (χ0n) is 17.0. The Morgan fingerprint density at radius 2 is 1.76 bits per heavy atom. The predicted molar refractivity (Wildman–Crippen MR) is 110 cm³/mol. The van der Waals surface area contributed by atoms with Gasteiger partial charge in [0, 0.05) is 0 Å². The minimum Gasteiger partial charge on any atom is -0.0654 e. The molecule has 1 saturated carbocycles. The highest BCUT2D eigenvalue weighted by Crippen LogP contribution is 2.39. The van der Waals surface area contributed by atoms with Crippen molar-refractivity contribution in [3.05, 3.63) is 34.9 Å². The van der Waals surface area contributed by atoms with Crippen LogP contribution in [0.2, 0.25) is 0 Å². The molecule has 0 saturated heterocycles. The first kappa shape index (κ1) is 19.0. The molecule has 2 aliphatic carbocycles. The van der Waals surface area contributed by atoms with Gasteiger partial charge >= 0.3 is 0 Å². The van der Waals surface area contributed by atoms with Gasteiger partial charge in [-0.15, -0.1) is 0 Å². The summed E-state index contributed by atoms with van der Waals surface area (Å²) < 4.78 is 0. The zero-order chi connectivity index (χ0) is 17.6. The number of hydrogen-bond acceptors (Lipinski definition) is 0. The molecule has 1 aromatic carbocycles. The van der Waals surface area contributed by atoms with Gasteiger partial charge in [0.2, 0.25) is 0 Å². The Bertz CT molecular complexity index is 521. The maximum Gasteiger partial charge on any atom is -0.0162 e. The first-order valence-corrected chi connectivity index (χ1v) is 11.3. The van der Waals surface area contributed by atoms with Crippen LogP contribution >= 0.6 is 0 Å². The lowest BCUT2D eigenvalue weighted by molar-refractivity contribution is 0.304. The lowest BCUT2D eigenvalue weighted by Gasteiger charge is -2.31. The van der Waals surface area contributed by atoms with Crippen molar-refractivity contribution in [3.8, 4) is 0 Å². The fraction of sp³-hybridized carbons (Fsp3) is 0.760. The largest absolute Gasteiger partial charge is 0.0654 e. The van der Waals surface area contributed by atoms with Crippen LogP contribution in [-0.2, 0) is 12.8 Å². The Labute approximate surface area is 156 Å². The van der Waals surface area contributed by atoms with Crippen molar-refractivity contribution in [2.24, 2.45) is 17.8 Å². The second-order valence-electron chi connectivity index (χ2n) is 9.25. The summed E-state index contributed by atoms with van der Waals surface area (Å²) >= 11 is 0. The molecule has 140 valence electrons. The molecule has 0 nitrogen and oxygen atoms in total. The molecule has 0 N–H and O–H groups in total. The average molecular weight is 341 g/mol. The van der Waals surface area contributed by atoms with E-state index in [9.17, 15) is 0 Å². The average Bonchev–Trinajstić information content (AvgIpc) is 2.66. The van der Waals surface area contributed by atoms with Crippen molar-refractivity contribution in [2.45, 2.75) is 104 Å². The summed E-state index contributed by atoms with van der Waals surface area (Å²) in [4.78, 5) is 0. The van der Waals surface area contributed by atoms with E-state index >= 15 is 0 Å². The molecule has 0 bridgehead atoms. The van der Waals surface area contributed by atoms with E-state index in [1.807, 2.05) is 0 Å². The second-order valence-corrected chi connectivity index (χ2v) is 9.25. The van der Waals surface area contributed by atoms with E-state index in [-0.39, 0.29) is 0 Å². The number of unbranched alkanes of at least 4 members (excludes halogenated alkanes) is 1. The molecule has 0 amide bonds. The van der Waals surface area contributed by atoms with Crippen LogP contribution in [-0.4, -0.2) is 0 Å². The normalized spacial score (nSPS) is 27.7. The Morgan fingerprint density at radius 1 is 0.960 bits per heavy atom. The predicted octanol–water partition coefficient (Wildman–Crippen LogP) is 7.69. The van der Waals surface area contributed by atoms with Crippen LogP contribution in [0, 0.1) is 17.8 Å². The van der Waals surface area contributed by atoms with Gasteiger partial charge in [0.1, 0.15) is 0 Å². The van der Waals surface area contributed by atoms with E-state index in [2.05, 4.69) is 39.0 Å². The molecule has 0 aliphatic heterocycles. The van der Waals surface area contributed by atoms with Crippen molar-refractivity contribution in [2.75, 3.05) is 0 Å². The molecule has 1 aromatic rings. The topological polar surface area (TPSA) is 0 Å². The molecule has 25 heavy (non-hydrogen) atoms. The van der Waals surface area contributed by atoms with E-state index in [0.29, 0.717) is 0 Å². The van der Waals surface area contributed by atoms with Gasteiger partial charge in [-0.25, -0.2) is 0 Å². The van der Waals surface area contributed by atoms with Gasteiger partial charge in [0.15, 0.2) is 0 Å². The van der Waals surface area contributed by atoms with Gasteiger partial charge in [-0.1, -0.05) is 64.7 Å². The molecule has 0 radical (unpaired) electrons. The molecule has 2 aliphatic rings. The van der Waals surface area contributed by atoms with E-state index in [4.69, 9.17) is 0 Å². The second kappa shape index (κ2) is 9.24. The zero-order valence-corrected chi connectivity index (χ0v) is 17.0. The third-order valence-electron chi connectivity index (χ3n) is 7.28. The highest BCUT2D eigenvalue weighted by atomic mass is 14.3. The fourth-order valence-corrected chi connectivity index (χ4v) is 5.32. The van der Waals surface area contributed by atoms with Gasteiger partial charge in [-0.3, -0.25) is 0 Å². The van der Waals surface area contributed by atoms with E-state index < -0.39 is 0 Å². The van der Waals surface area contributed by atoms with Gasteiger partial charge < -0.3 is 0 Å². The molecular formula is C25H40. The van der Waals surface area contributed by atoms with Crippen LogP contribution < -0.4 is 0 Å². The number of hydrogen-bond donors (Lipinski definition) is 0. The van der Waals surface area contributed by atoms with Gasteiger partial charge in [0.05, 0.1) is 0 Å². The summed E-state index contributed by atoms with van der Waals surface area (Å²) in [7, 11) is 0. The van der Waals surface area contributed by atoms with Crippen LogP contribution in [0.5, 0.6) is 0 Å². The summed E-state index contributed by atoms with van der Waals surface area (Å²) in [5.74, 6) is 3.70. The maximum atomic E-state index is 2.60. The number of benzene rings is 1. The smallest absolute Gasteiger partial charge is 0.0162 e. The lowest BCUT2D eigenvalue weighted by Crippen LogP contribution is -2.18. The first-order chi connectivity index (χ1) is 12.2. The molecular weight excluding hydrogens is 300 g/mol. The van der Waals surface area contributed by atoms with E-state index in [1.165, 1.54) is 77.0 Å². The number of fused-ring (bicyclic) bond motifs is 1. The van der Waals surface area contributed by atoms with E-state index in [0.717, 1.165) is 23.7 Å². The highest BCUT2D eigenvalue weighted by molar-refractivity contribution is 5.36. The molecule has 2 atom stereocenters. The van der Waals surface area contributed by atoms with Gasteiger partial charge in [-0.2, -0.15) is 0 Å². The molecule has 0 aromatic heterocycles. The molecule has 0 heteroatoms. The summed E-state index contributed by atoms with van der Waals surface area (Å²) in [5.41, 5.74) is 5.01. The summed E-state index contributed by atoms with van der Waals surface area (Å²) in [5, 5.41) is 0. The van der Waals surface area contributed by atoms with Crippen molar-refractivity contribution in [1.82, 2.24) is 0 Å². The number of aryl methyl sites for hydroxylation is 1.